The van der Waals surface area contributed by atoms with Gasteiger partial charge in [0.1, 0.15) is 0 Å². The number of fused-ring (bicyclic) bond motifs is 1. The predicted molar refractivity (Wildman–Crippen MR) is 127 cm³/mol. The number of nitro groups is 1. The Bertz CT molecular complexity index is 1220. The minimum Gasteiger partial charge on any atom is -0.367 e. The van der Waals surface area contributed by atoms with E-state index in [2.05, 4.69) is 20.5 Å². The standard InChI is InChI=1S/C22H22N6O5S/c29-20(13-25-22(31)19-2-1-11-34-19)24-14-21(30)27-9-7-26(8-10-27)17-3-4-18(28(32)33)16-12-23-6-5-15(16)17/h1-6,11-12H,7-10,13-14H2,(H,24,29)(H,25,31). The number of nitrogens with zero attached hydrogens (tertiary/aromatic N) is 4. The quantitative estimate of drug-likeness (QED) is 0.383. The summed E-state index contributed by atoms with van der Waals surface area (Å²) in [5, 5.41) is 19.4. The zero-order valence-electron chi connectivity index (χ0n) is 18.1. The fourth-order valence-corrected chi connectivity index (χ4v) is 4.44. The third kappa shape index (κ3) is 5.12. The number of amides is 3. The Labute approximate surface area is 198 Å². The molecule has 176 valence electrons. The maximum atomic E-state index is 12.5. The number of hydrogen-bond acceptors (Lipinski definition) is 8. The number of nitro benzene ring substituents is 1. The molecule has 3 heterocycles. The maximum Gasteiger partial charge on any atom is 0.278 e. The molecule has 0 unspecified atom stereocenters. The third-order valence-electron chi connectivity index (χ3n) is 5.53. The van der Waals surface area contributed by atoms with Crippen LogP contribution in [0, 0.1) is 10.1 Å². The van der Waals surface area contributed by atoms with E-state index >= 15 is 0 Å². The van der Waals surface area contributed by atoms with Crippen molar-refractivity contribution in [1.82, 2.24) is 20.5 Å². The molecule has 0 saturated carbocycles. The fraction of sp³-hybridized carbons (Fsp3) is 0.273. The number of rotatable bonds is 7. The van der Waals surface area contributed by atoms with Crippen LogP contribution in [0.25, 0.3) is 10.8 Å². The van der Waals surface area contributed by atoms with Gasteiger partial charge in [0.2, 0.25) is 11.8 Å². The lowest BCUT2D eigenvalue weighted by Gasteiger charge is -2.36. The first kappa shape index (κ1) is 23.1. The van der Waals surface area contributed by atoms with Crippen molar-refractivity contribution in [2.45, 2.75) is 0 Å². The zero-order valence-corrected chi connectivity index (χ0v) is 18.9. The highest BCUT2D eigenvalue weighted by atomic mass is 32.1. The number of anilines is 1. The van der Waals surface area contributed by atoms with Crippen LogP contribution in [0.1, 0.15) is 9.67 Å². The van der Waals surface area contributed by atoms with E-state index in [0.29, 0.717) is 36.4 Å². The number of aromatic nitrogens is 1. The van der Waals surface area contributed by atoms with Crippen molar-refractivity contribution in [3.8, 4) is 0 Å². The van der Waals surface area contributed by atoms with Crippen molar-refractivity contribution in [2.24, 2.45) is 0 Å². The molecular weight excluding hydrogens is 460 g/mol. The fourth-order valence-electron chi connectivity index (χ4n) is 3.80. The van der Waals surface area contributed by atoms with Crippen LogP contribution in [-0.2, 0) is 9.59 Å². The third-order valence-corrected chi connectivity index (χ3v) is 6.40. The molecule has 1 fully saturated rings. The van der Waals surface area contributed by atoms with Gasteiger partial charge in [0.25, 0.3) is 11.6 Å². The summed E-state index contributed by atoms with van der Waals surface area (Å²) >= 11 is 1.28. The molecule has 0 radical (unpaired) electrons. The number of hydrogen-bond donors (Lipinski definition) is 2. The number of non-ortho nitro benzene ring substituents is 1. The van der Waals surface area contributed by atoms with Gasteiger partial charge in [-0.3, -0.25) is 29.5 Å². The Morgan fingerprint density at radius 2 is 1.82 bits per heavy atom. The Morgan fingerprint density at radius 3 is 2.53 bits per heavy atom. The van der Waals surface area contributed by atoms with Gasteiger partial charge in [-0.25, -0.2) is 0 Å². The van der Waals surface area contributed by atoms with E-state index in [-0.39, 0.29) is 30.6 Å². The summed E-state index contributed by atoms with van der Waals surface area (Å²) in [5.41, 5.74) is 0.855. The summed E-state index contributed by atoms with van der Waals surface area (Å²) in [6.45, 7) is 1.64. The van der Waals surface area contributed by atoms with E-state index in [0.717, 1.165) is 11.1 Å². The first-order chi connectivity index (χ1) is 16.4. The van der Waals surface area contributed by atoms with Gasteiger partial charge in [0, 0.05) is 55.7 Å². The highest BCUT2D eigenvalue weighted by Gasteiger charge is 2.24. The lowest BCUT2D eigenvalue weighted by atomic mass is 10.1. The van der Waals surface area contributed by atoms with E-state index in [1.54, 1.807) is 40.7 Å². The normalized spacial score (nSPS) is 13.5. The van der Waals surface area contributed by atoms with Crippen LogP contribution in [-0.4, -0.2) is 71.8 Å². The molecule has 11 nitrogen and oxygen atoms in total. The number of piperazine rings is 1. The molecule has 0 atom stereocenters. The average molecular weight is 483 g/mol. The number of nitrogens with one attached hydrogen (secondary N) is 2. The van der Waals surface area contributed by atoms with Crippen molar-refractivity contribution in [3.05, 3.63) is 63.1 Å². The van der Waals surface area contributed by atoms with Gasteiger partial charge in [-0.15, -0.1) is 11.3 Å². The molecule has 3 amide bonds. The van der Waals surface area contributed by atoms with Crippen molar-refractivity contribution >= 4 is 51.2 Å². The van der Waals surface area contributed by atoms with Gasteiger partial charge < -0.3 is 20.4 Å². The van der Waals surface area contributed by atoms with Crippen LogP contribution in [0.5, 0.6) is 0 Å². The van der Waals surface area contributed by atoms with Gasteiger partial charge >= 0.3 is 0 Å². The number of carbonyl (C=O) groups excluding carboxylic acids is 3. The molecular formula is C22H22N6O5S. The van der Waals surface area contributed by atoms with Crippen molar-refractivity contribution < 1.29 is 19.3 Å². The molecule has 1 saturated heterocycles. The number of benzene rings is 1. The molecule has 2 N–H and O–H groups in total. The van der Waals surface area contributed by atoms with Gasteiger partial charge in [-0.2, -0.15) is 0 Å². The first-order valence-electron chi connectivity index (χ1n) is 10.6. The van der Waals surface area contributed by atoms with Crippen molar-refractivity contribution in [1.29, 1.82) is 0 Å². The maximum absolute atomic E-state index is 12.5. The first-order valence-corrected chi connectivity index (χ1v) is 11.4. The van der Waals surface area contributed by atoms with Crippen molar-refractivity contribution in [2.75, 3.05) is 44.2 Å². The summed E-state index contributed by atoms with van der Waals surface area (Å²) in [5.74, 6) is -0.986. The topological polar surface area (TPSA) is 138 Å². The summed E-state index contributed by atoms with van der Waals surface area (Å²) in [4.78, 5) is 55.6. The minimum atomic E-state index is -0.442. The molecule has 1 aliphatic rings. The van der Waals surface area contributed by atoms with Gasteiger partial charge in [0.05, 0.1) is 28.3 Å². The Hall–Kier alpha value is -4.06. The zero-order chi connectivity index (χ0) is 24.1. The predicted octanol–water partition coefficient (Wildman–Crippen LogP) is 1.40. The Balaban J connectivity index is 1.28. The minimum absolute atomic E-state index is 0.00276. The Morgan fingerprint density at radius 1 is 1.03 bits per heavy atom. The van der Waals surface area contributed by atoms with E-state index < -0.39 is 10.8 Å². The highest BCUT2D eigenvalue weighted by molar-refractivity contribution is 7.12. The number of pyridine rings is 1. The average Bonchev–Trinajstić information content (AvgIpc) is 3.40. The van der Waals surface area contributed by atoms with Gasteiger partial charge in [-0.1, -0.05) is 6.07 Å². The lowest BCUT2D eigenvalue weighted by Crippen LogP contribution is -2.51. The summed E-state index contributed by atoms with van der Waals surface area (Å²) in [7, 11) is 0. The molecule has 1 aromatic carbocycles. The monoisotopic (exact) mass is 482 g/mol. The molecule has 2 aromatic heterocycles. The highest BCUT2D eigenvalue weighted by Crippen LogP contribution is 2.33. The second kappa shape index (κ2) is 10.3. The van der Waals surface area contributed by atoms with Crippen LogP contribution in [0.4, 0.5) is 11.4 Å². The second-order valence-corrected chi connectivity index (χ2v) is 8.53. The second-order valence-electron chi connectivity index (χ2n) is 7.59. The largest absolute Gasteiger partial charge is 0.367 e. The van der Waals surface area contributed by atoms with E-state index in [4.69, 9.17) is 0 Å². The molecule has 0 aliphatic carbocycles. The van der Waals surface area contributed by atoms with E-state index in [1.807, 2.05) is 0 Å². The van der Waals surface area contributed by atoms with Crippen LogP contribution in [0.3, 0.4) is 0 Å². The van der Waals surface area contributed by atoms with Crippen LogP contribution >= 0.6 is 11.3 Å². The summed E-state index contributed by atoms with van der Waals surface area (Å²) < 4.78 is 0. The van der Waals surface area contributed by atoms with Crippen LogP contribution in [0.2, 0.25) is 0 Å². The molecule has 0 bridgehead atoms. The van der Waals surface area contributed by atoms with E-state index in [1.165, 1.54) is 23.6 Å². The smallest absolute Gasteiger partial charge is 0.278 e. The molecule has 12 heteroatoms. The molecule has 34 heavy (non-hydrogen) atoms. The summed E-state index contributed by atoms with van der Waals surface area (Å²) in [6, 6.07) is 8.37. The van der Waals surface area contributed by atoms with Crippen LogP contribution in [0.15, 0.2) is 48.1 Å². The number of thiophene rings is 1. The molecule has 1 aliphatic heterocycles. The molecule has 0 spiro atoms. The lowest BCUT2D eigenvalue weighted by molar-refractivity contribution is -0.383. The SMILES string of the molecule is O=C(CNC(=O)c1cccs1)NCC(=O)N1CCN(c2ccc([N+](=O)[O-])c3cnccc23)CC1. The van der Waals surface area contributed by atoms with Crippen LogP contribution < -0.4 is 15.5 Å². The number of carbonyl (C=O) groups is 3. The van der Waals surface area contributed by atoms with Gasteiger partial charge in [0.15, 0.2) is 0 Å². The molecule has 3 aromatic rings. The van der Waals surface area contributed by atoms with Crippen molar-refractivity contribution in [3.63, 3.8) is 0 Å². The molecule has 4 rings (SSSR count). The summed E-state index contributed by atoms with van der Waals surface area (Å²) in [6.07, 6.45) is 3.09. The van der Waals surface area contributed by atoms with Gasteiger partial charge in [-0.05, 0) is 23.6 Å². The van der Waals surface area contributed by atoms with E-state index in [9.17, 15) is 24.5 Å². The Kier molecular flexibility index (Phi) is 6.97.